The summed E-state index contributed by atoms with van der Waals surface area (Å²) in [5.41, 5.74) is 1.62. The fraction of sp³-hybridized carbons (Fsp3) is 0.353. The van der Waals surface area contributed by atoms with Gasteiger partial charge in [-0.05, 0) is 18.9 Å². The van der Waals surface area contributed by atoms with E-state index in [1.54, 1.807) is 25.4 Å². The molecule has 2 aromatic rings. The number of methoxy groups -OCH3 is 1. The lowest BCUT2D eigenvalue weighted by Crippen LogP contribution is -2.28. The largest absolute Gasteiger partial charge is 0.496 e. The molecule has 0 spiro atoms. The first-order chi connectivity index (χ1) is 11.8. The summed E-state index contributed by atoms with van der Waals surface area (Å²) >= 11 is 0. The molecule has 0 unspecified atom stereocenters. The molecule has 0 atom stereocenters. The van der Waals surface area contributed by atoms with E-state index in [4.69, 9.17) is 14.2 Å². The molecular formula is C17H17N3O4. The molecule has 1 aromatic carbocycles. The van der Waals surface area contributed by atoms with Crippen LogP contribution in [0.2, 0.25) is 0 Å². The number of fused-ring (bicyclic) bond motifs is 1. The van der Waals surface area contributed by atoms with Gasteiger partial charge in [0.25, 0.3) is 5.91 Å². The van der Waals surface area contributed by atoms with Gasteiger partial charge in [0, 0.05) is 24.7 Å². The first kappa shape index (κ1) is 14.7. The van der Waals surface area contributed by atoms with Gasteiger partial charge in [0.15, 0.2) is 11.5 Å². The van der Waals surface area contributed by atoms with Crippen molar-refractivity contribution in [1.29, 1.82) is 0 Å². The highest BCUT2D eigenvalue weighted by Gasteiger charge is 2.23. The lowest BCUT2D eigenvalue weighted by Gasteiger charge is -2.15. The molecule has 4 rings (SSSR count). The van der Waals surface area contributed by atoms with Gasteiger partial charge in [-0.25, -0.2) is 4.98 Å². The van der Waals surface area contributed by atoms with Crippen LogP contribution in [0.4, 0.5) is 0 Å². The Morgan fingerprint density at radius 1 is 1.17 bits per heavy atom. The number of aromatic nitrogens is 2. The summed E-state index contributed by atoms with van der Waals surface area (Å²) in [6, 6.07) is 3.56. The van der Waals surface area contributed by atoms with Gasteiger partial charge in [0.1, 0.15) is 11.4 Å². The third-order valence-corrected chi connectivity index (χ3v) is 4.22. The van der Waals surface area contributed by atoms with E-state index in [0.717, 1.165) is 25.9 Å². The third-order valence-electron chi connectivity index (χ3n) is 4.22. The summed E-state index contributed by atoms with van der Waals surface area (Å²) in [6.45, 7) is 1.73. The molecule has 1 fully saturated rings. The normalized spacial score (nSPS) is 15.6. The van der Waals surface area contributed by atoms with E-state index in [-0.39, 0.29) is 12.7 Å². The highest BCUT2D eigenvalue weighted by molar-refractivity contribution is 5.92. The molecule has 0 N–H and O–H groups in total. The van der Waals surface area contributed by atoms with E-state index >= 15 is 0 Å². The third kappa shape index (κ3) is 2.51. The lowest BCUT2D eigenvalue weighted by molar-refractivity contribution is 0.0786. The van der Waals surface area contributed by atoms with Crippen molar-refractivity contribution < 1.29 is 19.0 Å². The van der Waals surface area contributed by atoms with Gasteiger partial charge in [0.2, 0.25) is 6.79 Å². The zero-order valence-electron chi connectivity index (χ0n) is 13.3. The van der Waals surface area contributed by atoms with E-state index in [1.165, 1.54) is 6.20 Å². The zero-order valence-corrected chi connectivity index (χ0v) is 13.3. The Labute approximate surface area is 139 Å². The summed E-state index contributed by atoms with van der Waals surface area (Å²) < 4.78 is 16.2. The summed E-state index contributed by atoms with van der Waals surface area (Å²) in [6.07, 6.45) is 5.19. The quantitative estimate of drug-likeness (QED) is 0.860. The number of ether oxygens (including phenoxy) is 3. The number of benzene rings is 1. The summed E-state index contributed by atoms with van der Waals surface area (Å²) in [5, 5.41) is 0. The van der Waals surface area contributed by atoms with Crippen molar-refractivity contribution in [2.45, 2.75) is 12.8 Å². The zero-order chi connectivity index (χ0) is 16.5. The van der Waals surface area contributed by atoms with Crippen molar-refractivity contribution in [3.63, 3.8) is 0 Å². The first-order valence-electron chi connectivity index (χ1n) is 7.85. The second kappa shape index (κ2) is 5.99. The van der Waals surface area contributed by atoms with Gasteiger partial charge in [-0.15, -0.1) is 0 Å². The Hall–Kier alpha value is -2.83. The number of rotatable bonds is 3. The first-order valence-corrected chi connectivity index (χ1v) is 7.85. The van der Waals surface area contributed by atoms with Crippen LogP contribution in [0.25, 0.3) is 11.3 Å². The average Bonchev–Trinajstić information content (AvgIpc) is 3.31. The van der Waals surface area contributed by atoms with E-state index in [0.29, 0.717) is 34.2 Å². The predicted octanol–water partition coefficient (Wildman–Crippen LogP) is 2.12. The molecule has 0 saturated carbocycles. The van der Waals surface area contributed by atoms with Crippen LogP contribution in [0, 0.1) is 0 Å². The molecule has 0 bridgehead atoms. The molecule has 24 heavy (non-hydrogen) atoms. The molecule has 2 aliphatic rings. The van der Waals surface area contributed by atoms with Crippen LogP contribution < -0.4 is 14.2 Å². The SMILES string of the molecule is COc1cc2c(cc1-c1cncc(C(=O)N3CCCC3)n1)OCO2. The Bertz CT molecular complexity index is 787. The van der Waals surface area contributed by atoms with E-state index in [1.807, 2.05) is 4.90 Å². The van der Waals surface area contributed by atoms with Gasteiger partial charge in [-0.3, -0.25) is 9.78 Å². The minimum absolute atomic E-state index is 0.0819. The maximum atomic E-state index is 12.5. The Kier molecular flexibility index (Phi) is 3.68. The number of nitrogens with zero attached hydrogens (tertiary/aromatic N) is 3. The Morgan fingerprint density at radius 2 is 1.92 bits per heavy atom. The molecule has 3 heterocycles. The predicted molar refractivity (Wildman–Crippen MR) is 85.3 cm³/mol. The maximum absolute atomic E-state index is 12.5. The van der Waals surface area contributed by atoms with Gasteiger partial charge in [-0.1, -0.05) is 0 Å². The summed E-state index contributed by atoms with van der Waals surface area (Å²) in [4.78, 5) is 23.0. The molecule has 7 heteroatoms. The van der Waals surface area contributed by atoms with Crippen molar-refractivity contribution in [1.82, 2.24) is 14.9 Å². The number of hydrogen-bond acceptors (Lipinski definition) is 6. The second-order valence-corrected chi connectivity index (χ2v) is 5.69. The summed E-state index contributed by atoms with van der Waals surface area (Å²) in [7, 11) is 1.58. The molecule has 0 aliphatic carbocycles. The van der Waals surface area contributed by atoms with E-state index < -0.39 is 0 Å². The minimum Gasteiger partial charge on any atom is -0.496 e. The molecule has 1 saturated heterocycles. The van der Waals surface area contributed by atoms with Gasteiger partial charge in [-0.2, -0.15) is 0 Å². The molecule has 1 aromatic heterocycles. The standard InChI is InChI=1S/C17H17N3O4/c1-22-14-7-16-15(23-10-24-16)6-11(14)12-8-18-9-13(19-12)17(21)20-4-2-3-5-20/h6-9H,2-5,10H2,1H3. The average molecular weight is 327 g/mol. The number of likely N-dealkylation sites (tertiary alicyclic amines) is 1. The van der Waals surface area contributed by atoms with Crippen LogP contribution in [-0.4, -0.2) is 47.8 Å². The molecule has 124 valence electrons. The van der Waals surface area contributed by atoms with Gasteiger partial charge < -0.3 is 19.1 Å². The fourth-order valence-electron chi connectivity index (χ4n) is 2.97. The van der Waals surface area contributed by atoms with Crippen LogP contribution in [0.3, 0.4) is 0 Å². The second-order valence-electron chi connectivity index (χ2n) is 5.69. The maximum Gasteiger partial charge on any atom is 0.274 e. The topological polar surface area (TPSA) is 73.8 Å². The molecule has 0 radical (unpaired) electrons. The molecule has 7 nitrogen and oxygen atoms in total. The molecule has 1 amide bonds. The Morgan fingerprint density at radius 3 is 2.67 bits per heavy atom. The molecular weight excluding hydrogens is 310 g/mol. The number of carbonyl (C=O) groups is 1. The van der Waals surface area contributed by atoms with Crippen molar-refractivity contribution >= 4 is 5.91 Å². The van der Waals surface area contributed by atoms with Crippen molar-refractivity contribution in [2.75, 3.05) is 27.0 Å². The highest BCUT2D eigenvalue weighted by Crippen LogP contribution is 2.41. The number of hydrogen-bond donors (Lipinski definition) is 0. The van der Waals surface area contributed by atoms with Crippen LogP contribution in [0.1, 0.15) is 23.3 Å². The smallest absolute Gasteiger partial charge is 0.274 e. The lowest BCUT2D eigenvalue weighted by atomic mass is 10.1. The summed E-state index contributed by atoms with van der Waals surface area (Å²) in [5.74, 6) is 1.78. The minimum atomic E-state index is -0.0819. The van der Waals surface area contributed by atoms with Crippen molar-refractivity contribution in [2.24, 2.45) is 0 Å². The monoisotopic (exact) mass is 327 g/mol. The van der Waals surface area contributed by atoms with E-state index in [2.05, 4.69) is 9.97 Å². The fourth-order valence-corrected chi connectivity index (χ4v) is 2.97. The Balaban J connectivity index is 1.72. The van der Waals surface area contributed by atoms with Crippen molar-refractivity contribution in [3.8, 4) is 28.5 Å². The van der Waals surface area contributed by atoms with Crippen molar-refractivity contribution in [3.05, 3.63) is 30.2 Å². The van der Waals surface area contributed by atoms with Gasteiger partial charge in [0.05, 0.1) is 25.2 Å². The highest BCUT2D eigenvalue weighted by atomic mass is 16.7. The van der Waals surface area contributed by atoms with Crippen LogP contribution in [-0.2, 0) is 0 Å². The van der Waals surface area contributed by atoms with Crippen LogP contribution in [0.5, 0.6) is 17.2 Å². The van der Waals surface area contributed by atoms with Crippen LogP contribution >= 0.6 is 0 Å². The molecule has 2 aliphatic heterocycles. The number of amides is 1. The van der Waals surface area contributed by atoms with E-state index in [9.17, 15) is 4.79 Å². The van der Waals surface area contributed by atoms with Gasteiger partial charge >= 0.3 is 0 Å². The van der Waals surface area contributed by atoms with Crippen LogP contribution in [0.15, 0.2) is 24.5 Å². The number of carbonyl (C=O) groups excluding carboxylic acids is 1.